The van der Waals surface area contributed by atoms with Gasteiger partial charge in [-0.1, -0.05) is 22.0 Å². The van der Waals surface area contributed by atoms with Crippen molar-refractivity contribution >= 4 is 15.9 Å². The van der Waals surface area contributed by atoms with Gasteiger partial charge in [-0.25, -0.2) is 26.3 Å². The summed E-state index contributed by atoms with van der Waals surface area (Å²) >= 11 is 3.05. The van der Waals surface area contributed by atoms with Gasteiger partial charge in [0.15, 0.2) is 23.3 Å². The highest BCUT2D eigenvalue weighted by atomic mass is 79.9. The molecule has 0 fully saturated rings. The zero-order valence-corrected chi connectivity index (χ0v) is 11.2. The average molecular weight is 355 g/mol. The summed E-state index contributed by atoms with van der Waals surface area (Å²) in [6, 6.07) is 3.23. The van der Waals surface area contributed by atoms with Crippen LogP contribution < -0.4 is 0 Å². The molecule has 0 bridgehead atoms. The third-order valence-corrected chi connectivity index (χ3v) is 3.31. The Kier molecular flexibility index (Phi) is 4.08. The third kappa shape index (κ3) is 2.30. The van der Waals surface area contributed by atoms with Crippen LogP contribution in [0.15, 0.2) is 18.2 Å². The van der Waals surface area contributed by atoms with Crippen molar-refractivity contribution in [3.63, 3.8) is 0 Å². The third-order valence-electron chi connectivity index (χ3n) is 2.66. The second-order valence-electron chi connectivity index (χ2n) is 3.89. The lowest BCUT2D eigenvalue weighted by molar-refractivity contribution is 0.381. The fourth-order valence-corrected chi connectivity index (χ4v) is 2.04. The largest absolute Gasteiger partial charge is 0.206 e. The maximum absolute atomic E-state index is 13.6. The van der Waals surface area contributed by atoms with E-state index < -0.39 is 46.0 Å². The standard InChI is InChI=1S/C13H5BrF6/c14-4-5-1-2-7(15)6(3-5)8-9(16)11(18)13(20)12(19)10(8)17/h1-3H,4H2. The Morgan fingerprint density at radius 3 is 1.75 bits per heavy atom. The zero-order chi connectivity index (χ0) is 15.0. The Morgan fingerprint density at radius 2 is 1.25 bits per heavy atom. The number of alkyl halides is 1. The molecule has 2 aromatic carbocycles. The highest BCUT2D eigenvalue weighted by molar-refractivity contribution is 9.08. The normalized spacial score (nSPS) is 10.9. The van der Waals surface area contributed by atoms with Crippen LogP contribution in [0.1, 0.15) is 5.56 Å². The van der Waals surface area contributed by atoms with Gasteiger partial charge in [0.1, 0.15) is 5.82 Å². The van der Waals surface area contributed by atoms with Crippen molar-refractivity contribution in [2.24, 2.45) is 0 Å². The van der Waals surface area contributed by atoms with Gasteiger partial charge in [-0.15, -0.1) is 0 Å². The topological polar surface area (TPSA) is 0 Å². The number of hydrogen-bond acceptors (Lipinski definition) is 0. The van der Waals surface area contributed by atoms with Gasteiger partial charge in [-0.3, -0.25) is 0 Å². The van der Waals surface area contributed by atoms with Gasteiger partial charge in [-0.2, -0.15) is 0 Å². The van der Waals surface area contributed by atoms with E-state index in [2.05, 4.69) is 15.9 Å². The Bertz CT molecular complexity index is 654. The highest BCUT2D eigenvalue weighted by Crippen LogP contribution is 2.33. The maximum Gasteiger partial charge on any atom is 0.200 e. The summed E-state index contributed by atoms with van der Waals surface area (Å²) in [5.74, 6) is -11.7. The quantitative estimate of drug-likeness (QED) is 0.305. The molecule has 0 amide bonds. The summed E-state index contributed by atoms with van der Waals surface area (Å²) < 4.78 is 80.0. The Hall–Kier alpha value is -1.50. The van der Waals surface area contributed by atoms with Gasteiger partial charge in [0, 0.05) is 10.9 Å². The molecule has 0 saturated heterocycles. The van der Waals surface area contributed by atoms with E-state index in [1.807, 2.05) is 0 Å². The van der Waals surface area contributed by atoms with E-state index in [0.717, 1.165) is 12.1 Å². The second kappa shape index (κ2) is 5.47. The highest BCUT2D eigenvalue weighted by Gasteiger charge is 2.28. The van der Waals surface area contributed by atoms with E-state index in [-0.39, 0.29) is 5.33 Å². The molecule has 0 aliphatic heterocycles. The lowest BCUT2D eigenvalue weighted by Crippen LogP contribution is -2.05. The molecule has 0 atom stereocenters. The Balaban J connectivity index is 2.83. The Labute approximate surface area is 118 Å². The number of halogens is 7. The van der Waals surface area contributed by atoms with E-state index in [1.165, 1.54) is 6.07 Å². The lowest BCUT2D eigenvalue weighted by Gasteiger charge is -2.10. The first-order chi connectivity index (χ1) is 9.38. The number of hydrogen-bond donors (Lipinski definition) is 0. The smallest absolute Gasteiger partial charge is 0.200 e. The van der Waals surface area contributed by atoms with Gasteiger partial charge < -0.3 is 0 Å². The van der Waals surface area contributed by atoms with Crippen LogP contribution in [0.25, 0.3) is 11.1 Å². The minimum Gasteiger partial charge on any atom is -0.206 e. The first-order valence-corrected chi connectivity index (χ1v) is 6.36. The van der Waals surface area contributed by atoms with Gasteiger partial charge in [0.25, 0.3) is 0 Å². The molecule has 2 aromatic rings. The van der Waals surface area contributed by atoms with Crippen LogP contribution in [0.3, 0.4) is 0 Å². The van der Waals surface area contributed by atoms with Crippen molar-refractivity contribution in [2.45, 2.75) is 5.33 Å². The minimum absolute atomic E-state index is 0.232. The molecule has 0 aliphatic carbocycles. The Morgan fingerprint density at radius 1 is 0.750 bits per heavy atom. The minimum atomic E-state index is -2.28. The van der Waals surface area contributed by atoms with Crippen LogP contribution in [0, 0.1) is 34.9 Å². The fourth-order valence-electron chi connectivity index (χ4n) is 1.69. The molecule has 0 nitrogen and oxygen atoms in total. The van der Waals surface area contributed by atoms with Gasteiger partial charge in [0.05, 0.1) is 5.56 Å². The predicted molar refractivity (Wildman–Crippen MR) is 64.3 cm³/mol. The van der Waals surface area contributed by atoms with Crippen LogP contribution in [-0.2, 0) is 5.33 Å². The van der Waals surface area contributed by atoms with Crippen LogP contribution in [0.4, 0.5) is 26.3 Å². The van der Waals surface area contributed by atoms with Gasteiger partial charge >= 0.3 is 0 Å². The summed E-state index contributed by atoms with van der Waals surface area (Å²) in [6.07, 6.45) is 0. The molecule has 0 saturated carbocycles. The van der Waals surface area contributed by atoms with E-state index in [1.54, 1.807) is 0 Å². The average Bonchev–Trinajstić information content (AvgIpc) is 2.45. The fraction of sp³-hybridized carbons (Fsp3) is 0.0769. The predicted octanol–water partition coefficient (Wildman–Crippen LogP) is 5.08. The van der Waals surface area contributed by atoms with Crippen LogP contribution in [0.2, 0.25) is 0 Å². The molecule has 0 N–H and O–H groups in total. The molecule has 106 valence electrons. The molecular weight excluding hydrogens is 350 g/mol. The molecule has 7 heteroatoms. The van der Waals surface area contributed by atoms with Gasteiger partial charge in [0.2, 0.25) is 5.82 Å². The van der Waals surface area contributed by atoms with Gasteiger partial charge in [-0.05, 0) is 17.7 Å². The first-order valence-electron chi connectivity index (χ1n) is 5.24. The maximum atomic E-state index is 13.6. The zero-order valence-electron chi connectivity index (χ0n) is 9.58. The van der Waals surface area contributed by atoms with Crippen LogP contribution in [-0.4, -0.2) is 0 Å². The van der Waals surface area contributed by atoms with E-state index >= 15 is 0 Å². The molecule has 0 aliphatic rings. The molecule has 0 aromatic heterocycles. The van der Waals surface area contributed by atoms with Crippen molar-refractivity contribution in [1.29, 1.82) is 0 Å². The first kappa shape index (κ1) is 14.9. The van der Waals surface area contributed by atoms with Crippen molar-refractivity contribution < 1.29 is 26.3 Å². The van der Waals surface area contributed by atoms with Crippen molar-refractivity contribution in [3.05, 3.63) is 58.7 Å². The van der Waals surface area contributed by atoms with Crippen LogP contribution >= 0.6 is 15.9 Å². The lowest BCUT2D eigenvalue weighted by atomic mass is 10.0. The SMILES string of the molecule is Fc1ccc(CBr)cc1-c1c(F)c(F)c(F)c(F)c1F. The van der Waals surface area contributed by atoms with Crippen molar-refractivity contribution in [2.75, 3.05) is 0 Å². The van der Waals surface area contributed by atoms with Crippen molar-refractivity contribution in [1.82, 2.24) is 0 Å². The molecule has 20 heavy (non-hydrogen) atoms. The number of benzene rings is 2. The number of rotatable bonds is 2. The molecule has 2 rings (SSSR count). The summed E-state index contributed by atoms with van der Waals surface area (Å²) in [6.45, 7) is 0. The summed E-state index contributed by atoms with van der Waals surface area (Å²) in [4.78, 5) is 0. The molecular formula is C13H5BrF6. The molecule has 0 spiro atoms. The monoisotopic (exact) mass is 354 g/mol. The van der Waals surface area contributed by atoms with E-state index in [9.17, 15) is 26.3 Å². The van der Waals surface area contributed by atoms with Crippen molar-refractivity contribution in [3.8, 4) is 11.1 Å². The summed E-state index contributed by atoms with van der Waals surface area (Å²) in [5.41, 5.74) is -1.54. The van der Waals surface area contributed by atoms with E-state index in [0.29, 0.717) is 5.56 Å². The second-order valence-corrected chi connectivity index (χ2v) is 4.45. The molecule has 0 heterocycles. The molecule has 0 unspecified atom stereocenters. The van der Waals surface area contributed by atoms with Crippen LogP contribution in [0.5, 0.6) is 0 Å². The molecule has 0 radical (unpaired) electrons. The summed E-state index contributed by atoms with van der Waals surface area (Å²) in [7, 11) is 0. The van der Waals surface area contributed by atoms with E-state index in [4.69, 9.17) is 0 Å². The summed E-state index contributed by atoms with van der Waals surface area (Å²) in [5, 5.41) is 0.232.